The monoisotopic (exact) mass is 385 g/mol. The van der Waals surface area contributed by atoms with Crippen molar-refractivity contribution >= 4 is 29.4 Å². The fraction of sp³-hybridized carbons (Fsp3) is 0.471. The first kappa shape index (κ1) is 19.8. The van der Waals surface area contributed by atoms with E-state index in [1.807, 2.05) is 13.8 Å². The van der Waals surface area contributed by atoms with Crippen LogP contribution in [0.2, 0.25) is 5.02 Å². The molecule has 1 heterocycles. The van der Waals surface area contributed by atoms with Crippen molar-refractivity contribution in [2.45, 2.75) is 26.3 Å². The number of carbonyl (C=O) groups is 3. The van der Waals surface area contributed by atoms with Gasteiger partial charge in [0.05, 0.1) is 17.7 Å². The molecule has 1 N–H and O–H groups in total. The zero-order chi connectivity index (χ0) is 19.3. The molecular weight excluding hydrogens is 366 g/mol. The molecule has 0 unspecified atom stereocenters. The topological polar surface area (TPSA) is 100 Å². The molecule has 142 valence electrons. The second kappa shape index (κ2) is 8.75. The average molecular weight is 386 g/mol. The van der Waals surface area contributed by atoms with Crippen LogP contribution in [-0.2, 0) is 19.1 Å². The van der Waals surface area contributed by atoms with Crippen LogP contribution in [0.4, 0.5) is 0 Å². The van der Waals surface area contributed by atoms with Crippen LogP contribution in [0.3, 0.4) is 0 Å². The number of hydrogen-bond donors (Lipinski definition) is 1. The van der Waals surface area contributed by atoms with E-state index in [1.165, 1.54) is 19.2 Å². The van der Waals surface area contributed by atoms with Crippen LogP contribution in [-0.4, -0.2) is 44.4 Å². The van der Waals surface area contributed by atoms with Gasteiger partial charge in [0.1, 0.15) is 6.04 Å². The molecule has 0 fully saturated rings. The number of nitrogens with one attached hydrogen (secondary N) is 1. The molecule has 2 rings (SSSR count). The number of esters is 2. The lowest BCUT2D eigenvalue weighted by molar-refractivity contribution is -0.147. The maximum absolute atomic E-state index is 12.1. The zero-order valence-electron chi connectivity index (χ0n) is 14.7. The number of methoxy groups -OCH3 is 1. The van der Waals surface area contributed by atoms with Crippen molar-refractivity contribution in [2.24, 2.45) is 5.92 Å². The molecule has 0 radical (unpaired) electrons. The Bertz CT molecular complexity index is 707. The third-order valence-corrected chi connectivity index (χ3v) is 4.26. The van der Waals surface area contributed by atoms with Crippen LogP contribution >= 0.6 is 11.6 Å². The van der Waals surface area contributed by atoms with Gasteiger partial charge in [-0.05, 0) is 18.1 Å². The number of hydrogen-bond acceptors (Lipinski definition) is 7. The molecule has 0 spiro atoms. The molecular formula is C17H20ClNO7. The number of carbonyl (C=O) groups excluding carboxylic acids is 3. The van der Waals surface area contributed by atoms with E-state index in [9.17, 15) is 14.4 Å². The third-order valence-electron chi connectivity index (χ3n) is 3.98. The van der Waals surface area contributed by atoms with E-state index in [1.54, 1.807) is 0 Å². The van der Waals surface area contributed by atoms with Gasteiger partial charge < -0.3 is 24.3 Å². The molecule has 0 bridgehead atoms. The lowest BCUT2D eigenvalue weighted by Gasteiger charge is -2.21. The summed E-state index contributed by atoms with van der Waals surface area (Å²) >= 11 is 6.01. The highest BCUT2D eigenvalue weighted by Gasteiger charge is 2.27. The predicted molar refractivity (Wildman–Crippen MR) is 91.3 cm³/mol. The Kier molecular flexibility index (Phi) is 6.68. The number of amides is 1. The van der Waals surface area contributed by atoms with Gasteiger partial charge in [-0.3, -0.25) is 4.79 Å². The van der Waals surface area contributed by atoms with Crippen molar-refractivity contribution in [3.05, 3.63) is 22.7 Å². The first-order chi connectivity index (χ1) is 12.4. The summed E-state index contributed by atoms with van der Waals surface area (Å²) in [6.45, 7) is 3.16. The van der Waals surface area contributed by atoms with E-state index in [-0.39, 0.29) is 23.3 Å². The van der Waals surface area contributed by atoms with Crippen LogP contribution in [0.5, 0.6) is 11.5 Å². The molecule has 26 heavy (non-hydrogen) atoms. The largest absolute Gasteiger partial charge is 0.467 e. The van der Waals surface area contributed by atoms with Crippen LogP contribution in [0.15, 0.2) is 12.1 Å². The maximum Gasteiger partial charge on any atom is 0.338 e. The number of ether oxygens (including phenoxy) is 4. The molecule has 9 heteroatoms. The quantitative estimate of drug-likeness (QED) is 0.715. The second-order valence-electron chi connectivity index (χ2n) is 5.72. The summed E-state index contributed by atoms with van der Waals surface area (Å²) in [5.41, 5.74) is 0.124. The smallest absolute Gasteiger partial charge is 0.338 e. The number of benzene rings is 1. The van der Waals surface area contributed by atoms with E-state index < -0.39 is 30.5 Å². The highest BCUT2D eigenvalue weighted by atomic mass is 35.5. The molecule has 8 nitrogen and oxygen atoms in total. The first-order valence-corrected chi connectivity index (χ1v) is 8.38. The standard InChI is InChI=1S/C17H20ClNO7/c1-4-9(2)14(17(22)23-3)19-13(20)7-24-16(21)10-5-11(18)15-12(6-10)25-8-26-15/h5-6,9,14H,4,7-8H2,1-3H3,(H,19,20)/t9-,14-/m1/s1. The molecule has 0 aliphatic carbocycles. The Morgan fingerprint density at radius 1 is 1.31 bits per heavy atom. The minimum atomic E-state index is -0.809. The molecule has 0 aromatic heterocycles. The van der Waals surface area contributed by atoms with Crippen LogP contribution in [0, 0.1) is 5.92 Å². The number of fused-ring (bicyclic) bond motifs is 1. The van der Waals surface area contributed by atoms with Gasteiger partial charge in [-0.15, -0.1) is 0 Å². The Morgan fingerprint density at radius 3 is 2.69 bits per heavy atom. The minimum absolute atomic E-state index is 0.0144. The molecule has 0 saturated heterocycles. The molecule has 1 amide bonds. The zero-order valence-corrected chi connectivity index (χ0v) is 15.4. The normalized spacial score (nSPS) is 14.3. The highest BCUT2D eigenvalue weighted by molar-refractivity contribution is 6.32. The van der Waals surface area contributed by atoms with E-state index in [0.717, 1.165) is 0 Å². The van der Waals surface area contributed by atoms with Crippen molar-refractivity contribution in [3.8, 4) is 11.5 Å². The van der Waals surface area contributed by atoms with Crippen molar-refractivity contribution in [3.63, 3.8) is 0 Å². The van der Waals surface area contributed by atoms with E-state index >= 15 is 0 Å². The van der Waals surface area contributed by atoms with E-state index in [2.05, 4.69) is 10.1 Å². The fourth-order valence-electron chi connectivity index (χ4n) is 2.31. The summed E-state index contributed by atoms with van der Waals surface area (Å²) in [5.74, 6) is -1.36. The molecule has 1 aliphatic rings. The van der Waals surface area contributed by atoms with Crippen LogP contribution in [0.25, 0.3) is 0 Å². The summed E-state index contributed by atoms with van der Waals surface area (Å²) < 4.78 is 20.0. The van der Waals surface area contributed by atoms with Crippen molar-refractivity contribution in [2.75, 3.05) is 20.5 Å². The lowest BCUT2D eigenvalue weighted by atomic mass is 9.99. The Labute approximate surface area is 155 Å². The molecule has 0 saturated carbocycles. The minimum Gasteiger partial charge on any atom is -0.467 e. The van der Waals surface area contributed by atoms with E-state index in [4.69, 9.17) is 25.8 Å². The summed E-state index contributed by atoms with van der Waals surface area (Å²) in [7, 11) is 1.24. The molecule has 2 atom stereocenters. The van der Waals surface area contributed by atoms with Gasteiger partial charge in [-0.1, -0.05) is 31.9 Å². The van der Waals surface area contributed by atoms with Gasteiger partial charge in [0.2, 0.25) is 6.79 Å². The van der Waals surface area contributed by atoms with Gasteiger partial charge in [0.15, 0.2) is 18.1 Å². The fourth-order valence-corrected chi connectivity index (χ4v) is 2.58. The number of halogens is 1. The van der Waals surface area contributed by atoms with Crippen LogP contribution in [0.1, 0.15) is 30.6 Å². The number of rotatable bonds is 7. The molecule has 1 aliphatic heterocycles. The highest BCUT2D eigenvalue weighted by Crippen LogP contribution is 2.39. The Morgan fingerprint density at radius 2 is 2.04 bits per heavy atom. The van der Waals surface area contributed by atoms with Gasteiger partial charge in [-0.2, -0.15) is 0 Å². The Balaban J connectivity index is 1.95. The SMILES string of the molecule is CC[C@@H](C)[C@@H](NC(=O)COC(=O)c1cc(Cl)c2c(c1)OCO2)C(=O)OC. The van der Waals surface area contributed by atoms with E-state index in [0.29, 0.717) is 17.9 Å². The third kappa shape index (κ3) is 4.57. The van der Waals surface area contributed by atoms with Gasteiger partial charge in [0, 0.05) is 0 Å². The molecule has 1 aromatic rings. The van der Waals surface area contributed by atoms with Gasteiger partial charge in [0.25, 0.3) is 5.91 Å². The maximum atomic E-state index is 12.1. The predicted octanol–water partition coefficient (Wildman–Crippen LogP) is 1.93. The summed E-state index contributed by atoms with van der Waals surface area (Å²) in [6, 6.07) is 1.98. The van der Waals surface area contributed by atoms with Crippen molar-refractivity contribution in [1.29, 1.82) is 0 Å². The average Bonchev–Trinajstić information content (AvgIpc) is 3.12. The summed E-state index contributed by atoms with van der Waals surface area (Å²) in [4.78, 5) is 35.9. The molecule has 1 aromatic carbocycles. The van der Waals surface area contributed by atoms with Crippen LogP contribution < -0.4 is 14.8 Å². The van der Waals surface area contributed by atoms with Crippen molar-refractivity contribution < 1.29 is 33.3 Å². The lowest BCUT2D eigenvalue weighted by Crippen LogP contribution is -2.47. The van der Waals surface area contributed by atoms with Gasteiger partial charge >= 0.3 is 11.9 Å². The summed E-state index contributed by atoms with van der Waals surface area (Å²) in [5, 5.41) is 2.72. The first-order valence-electron chi connectivity index (χ1n) is 8.00. The van der Waals surface area contributed by atoms with Crippen molar-refractivity contribution in [1.82, 2.24) is 5.32 Å². The summed E-state index contributed by atoms with van der Waals surface area (Å²) in [6.07, 6.45) is 0.662. The van der Waals surface area contributed by atoms with Gasteiger partial charge in [-0.25, -0.2) is 9.59 Å². The Hall–Kier alpha value is -2.48. The second-order valence-corrected chi connectivity index (χ2v) is 6.13.